The maximum atomic E-state index is 4.71. The van der Waals surface area contributed by atoms with Crippen LogP contribution in [0.4, 0.5) is 17.5 Å². The maximum Gasteiger partial charge on any atom is 0.229 e. The summed E-state index contributed by atoms with van der Waals surface area (Å²) in [5.41, 5.74) is 2.52. The smallest absolute Gasteiger partial charge is 0.229 e. The molecule has 0 aliphatic carbocycles. The van der Waals surface area contributed by atoms with Crippen LogP contribution < -0.4 is 10.2 Å². The molecule has 0 amide bonds. The summed E-state index contributed by atoms with van der Waals surface area (Å²) >= 11 is 0. The van der Waals surface area contributed by atoms with Gasteiger partial charge in [0.2, 0.25) is 5.95 Å². The molecule has 0 unspecified atom stereocenters. The molecular formula is C20H28N4. The van der Waals surface area contributed by atoms with E-state index in [1.165, 1.54) is 31.2 Å². The molecule has 3 rings (SSSR count). The number of hydrogen-bond donors (Lipinski definition) is 1. The summed E-state index contributed by atoms with van der Waals surface area (Å²) in [7, 11) is 0. The van der Waals surface area contributed by atoms with Gasteiger partial charge >= 0.3 is 0 Å². The second-order valence-electron chi connectivity index (χ2n) is 7.59. The quantitative estimate of drug-likeness (QED) is 0.872. The molecule has 2 heterocycles. The lowest BCUT2D eigenvalue weighted by Gasteiger charge is -2.21. The van der Waals surface area contributed by atoms with Crippen molar-refractivity contribution in [1.29, 1.82) is 0 Å². The Morgan fingerprint density at radius 1 is 0.917 bits per heavy atom. The van der Waals surface area contributed by atoms with Crippen LogP contribution in [0.2, 0.25) is 0 Å². The van der Waals surface area contributed by atoms with Crippen molar-refractivity contribution in [2.75, 3.05) is 23.3 Å². The molecule has 0 radical (unpaired) electrons. The number of benzene rings is 1. The monoisotopic (exact) mass is 324 g/mol. The lowest BCUT2D eigenvalue weighted by Crippen LogP contribution is -2.25. The van der Waals surface area contributed by atoms with Crippen molar-refractivity contribution in [2.24, 2.45) is 0 Å². The molecule has 1 aliphatic heterocycles. The minimum atomic E-state index is 0.168. The Kier molecular flexibility index (Phi) is 5.03. The van der Waals surface area contributed by atoms with E-state index in [1.54, 1.807) is 0 Å². The van der Waals surface area contributed by atoms with Gasteiger partial charge in [-0.15, -0.1) is 0 Å². The third kappa shape index (κ3) is 4.25. The fraction of sp³-hybridized carbons (Fsp3) is 0.500. The first-order valence-corrected chi connectivity index (χ1v) is 8.98. The Balaban J connectivity index is 1.72. The van der Waals surface area contributed by atoms with E-state index in [4.69, 9.17) is 4.98 Å². The summed E-state index contributed by atoms with van der Waals surface area (Å²) in [5, 5.41) is 3.33. The number of anilines is 3. The van der Waals surface area contributed by atoms with Crippen LogP contribution in [0.5, 0.6) is 0 Å². The molecule has 128 valence electrons. The molecule has 4 heteroatoms. The average Bonchev–Trinajstić information content (AvgIpc) is 2.84. The van der Waals surface area contributed by atoms with Gasteiger partial charge in [0, 0.05) is 25.0 Å². The van der Waals surface area contributed by atoms with Gasteiger partial charge < -0.3 is 10.2 Å². The molecular weight excluding hydrogens is 296 g/mol. The first kappa shape index (κ1) is 16.7. The van der Waals surface area contributed by atoms with Crippen molar-refractivity contribution in [3.63, 3.8) is 0 Å². The fourth-order valence-electron chi connectivity index (χ4n) is 3.07. The molecule has 1 aliphatic rings. The molecule has 0 bridgehead atoms. The second-order valence-corrected chi connectivity index (χ2v) is 7.59. The predicted octanol–water partition coefficient (Wildman–Crippen LogP) is 4.90. The molecule has 1 saturated heterocycles. The molecule has 0 spiro atoms. The van der Waals surface area contributed by atoms with Crippen LogP contribution in [-0.2, 0) is 5.41 Å². The Bertz CT molecular complexity index is 650. The number of hydrogen-bond acceptors (Lipinski definition) is 4. The Hall–Kier alpha value is -2.10. The molecule has 24 heavy (non-hydrogen) atoms. The third-order valence-electron chi connectivity index (χ3n) is 4.58. The van der Waals surface area contributed by atoms with E-state index in [1.807, 2.05) is 12.3 Å². The normalized spacial score (nSPS) is 15.9. The average molecular weight is 324 g/mol. The highest BCUT2D eigenvalue weighted by Gasteiger charge is 2.14. The summed E-state index contributed by atoms with van der Waals surface area (Å²) < 4.78 is 0. The maximum absolute atomic E-state index is 4.71. The van der Waals surface area contributed by atoms with Crippen molar-refractivity contribution in [3.05, 3.63) is 42.1 Å². The van der Waals surface area contributed by atoms with Crippen molar-refractivity contribution >= 4 is 17.5 Å². The Morgan fingerprint density at radius 2 is 1.58 bits per heavy atom. The van der Waals surface area contributed by atoms with Crippen LogP contribution in [0.3, 0.4) is 0 Å². The van der Waals surface area contributed by atoms with Crippen LogP contribution in [0.1, 0.15) is 52.0 Å². The van der Waals surface area contributed by atoms with E-state index in [0.29, 0.717) is 5.95 Å². The molecule has 0 atom stereocenters. The van der Waals surface area contributed by atoms with Crippen molar-refractivity contribution < 1.29 is 0 Å². The molecule has 1 aromatic carbocycles. The SMILES string of the molecule is CC(C)(C)c1ccc(Nc2nccc(N3CCCCCC3)n2)cc1. The van der Waals surface area contributed by atoms with Gasteiger partial charge in [-0.25, -0.2) is 4.98 Å². The number of nitrogens with one attached hydrogen (secondary N) is 1. The Morgan fingerprint density at radius 3 is 2.21 bits per heavy atom. The summed E-state index contributed by atoms with van der Waals surface area (Å²) in [6.07, 6.45) is 7.00. The highest BCUT2D eigenvalue weighted by molar-refractivity contribution is 5.55. The van der Waals surface area contributed by atoms with Gasteiger partial charge in [0.15, 0.2) is 0 Å². The third-order valence-corrected chi connectivity index (χ3v) is 4.58. The standard InChI is InChI=1S/C20H28N4/c1-20(2,3)16-8-10-17(11-9-16)22-19-21-13-12-18(23-19)24-14-6-4-5-7-15-24/h8-13H,4-7,14-15H2,1-3H3,(H,21,22,23). The van der Waals surface area contributed by atoms with Gasteiger partial charge in [0.05, 0.1) is 0 Å². The summed E-state index contributed by atoms with van der Waals surface area (Å²) in [5.74, 6) is 1.70. The summed E-state index contributed by atoms with van der Waals surface area (Å²) in [4.78, 5) is 11.5. The van der Waals surface area contributed by atoms with Gasteiger partial charge in [0.25, 0.3) is 0 Å². The van der Waals surface area contributed by atoms with Gasteiger partial charge in [0.1, 0.15) is 5.82 Å². The highest BCUT2D eigenvalue weighted by atomic mass is 15.2. The van der Waals surface area contributed by atoms with E-state index >= 15 is 0 Å². The molecule has 4 nitrogen and oxygen atoms in total. The van der Waals surface area contributed by atoms with Crippen LogP contribution in [0, 0.1) is 0 Å². The number of rotatable bonds is 3. The predicted molar refractivity (Wildman–Crippen MR) is 101 cm³/mol. The van der Waals surface area contributed by atoms with Crippen LogP contribution in [0.15, 0.2) is 36.5 Å². The zero-order valence-electron chi connectivity index (χ0n) is 15.0. The van der Waals surface area contributed by atoms with Crippen LogP contribution in [-0.4, -0.2) is 23.1 Å². The van der Waals surface area contributed by atoms with E-state index in [-0.39, 0.29) is 5.41 Å². The van der Waals surface area contributed by atoms with Crippen molar-refractivity contribution in [3.8, 4) is 0 Å². The first-order chi connectivity index (χ1) is 11.5. The van der Waals surface area contributed by atoms with Gasteiger partial charge in [-0.1, -0.05) is 45.7 Å². The van der Waals surface area contributed by atoms with E-state index in [0.717, 1.165) is 24.6 Å². The van der Waals surface area contributed by atoms with Gasteiger partial charge in [-0.3, -0.25) is 0 Å². The molecule has 2 aromatic rings. The van der Waals surface area contributed by atoms with Gasteiger partial charge in [-0.05, 0) is 42.0 Å². The molecule has 1 aromatic heterocycles. The number of aromatic nitrogens is 2. The molecule has 1 fully saturated rings. The molecule has 1 N–H and O–H groups in total. The fourth-order valence-corrected chi connectivity index (χ4v) is 3.07. The minimum Gasteiger partial charge on any atom is -0.356 e. The van der Waals surface area contributed by atoms with E-state index in [2.05, 4.69) is 60.2 Å². The van der Waals surface area contributed by atoms with Crippen molar-refractivity contribution in [1.82, 2.24) is 9.97 Å². The second kappa shape index (κ2) is 7.20. The highest BCUT2D eigenvalue weighted by Crippen LogP contribution is 2.25. The van der Waals surface area contributed by atoms with Crippen molar-refractivity contribution in [2.45, 2.75) is 51.9 Å². The largest absolute Gasteiger partial charge is 0.356 e. The zero-order valence-corrected chi connectivity index (χ0v) is 15.0. The van der Waals surface area contributed by atoms with Crippen LogP contribution in [0.25, 0.3) is 0 Å². The Labute approximate surface area is 145 Å². The summed E-state index contributed by atoms with van der Waals surface area (Å²) in [6, 6.07) is 10.5. The summed E-state index contributed by atoms with van der Waals surface area (Å²) in [6.45, 7) is 8.86. The van der Waals surface area contributed by atoms with Crippen LogP contribution >= 0.6 is 0 Å². The molecule has 0 saturated carbocycles. The minimum absolute atomic E-state index is 0.168. The zero-order chi connectivity index (χ0) is 17.0. The van der Waals surface area contributed by atoms with E-state index in [9.17, 15) is 0 Å². The number of nitrogens with zero attached hydrogens (tertiary/aromatic N) is 3. The van der Waals surface area contributed by atoms with Gasteiger partial charge in [-0.2, -0.15) is 4.98 Å². The topological polar surface area (TPSA) is 41.1 Å². The lowest BCUT2D eigenvalue weighted by atomic mass is 9.87. The van der Waals surface area contributed by atoms with E-state index < -0.39 is 0 Å². The lowest BCUT2D eigenvalue weighted by molar-refractivity contribution is 0.590. The first-order valence-electron chi connectivity index (χ1n) is 8.98.